The predicted molar refractivity (Wildman–Crippen MR) is 60.9 cm³/mol. The van der Waals surface area contributed by atoms with E-state index in [0.29, 0.717) is 11.3 Å². The SMILES string of the molecule is NCC(O)C(O)c1ccc(N)c(Cl)c1Cl. The first-order valence-corrected chi connectivity index (χ1v) is 5.04. The fraction of sp³-hybridized carbons (Fsp3) is 0.333. The molecule has 4 nitrogen and oxygen atoms in total. The second-order valence-corrected chi connectivity index (χ2v) is 3.88. The van der Waals surface area contributed by atoms with Crippen LogP contribution in [-0.4, -0.2) is 22.9 Å². The first-order valence-electron chi connectivity index (χ1n) is 4.28. The topological polar surface area (TPSA) is 92.5 Å². The maximum absolute atomic E-state index is 9.67. The van der Waals surface area contributed by atoms with Crippen LogP contribution in [0, 0.1) is 0 Å². The Bertz CT molecular complexity index is 360. The van der Waals surface area contributed by atoms with Crippen LogP contribution < -0.4 is 11.5 Å². The quantitative estimate of drug-likeness (QED) is 0.601. The van der Waals surface area contributed by atoms with Crippen LogP contribution in [0.5, 0.6) is 0 Å². The van der Waals surface area contributed by atoms with Crippen molar-refractivity contribution in [2.45, 2.75) is 12.2 Å². The molecule has 2 unspecified atom stereocenters. The molecule has 6 N–H and O–H groups in total. The summed E-state index contributed by atoms with van der Waals surface area (Å²) in [5.74, 6) is 0. The Hall–Kier alpha value is -0.520. The fourth-order valence-electron chi connectivity index (χ4n) is 1.14. The molecule has 0 aliphatic carbocycles. The van der Waals surface area contributed by atoms with E-state index in [4.69, 9.17) is 34.7 Å². The van der Waals surface area contributed by atoms with Gasteiger partial charge in [-0.05, 0) is 6.07 Å². The lowest BCUT2D eigenvalue weighted by molar-refractivity contribution is 0.0244. The predicted octanol–water partition coefficient (Wildman–Crippen LogP) is 0.929. The van der Waals surface area contributed by atoms with Crippen molar-refractivity contribution < 1.29 is 10.2 Å². The maximum atomic E-state index is 9.67. The summed E-state index contributed by atoms with van der Waals surface area (Å²) < 4.78 is 0. The van der Waals surface area contributed by atoms with Gasteiger partial charge in [0.1, 0.15) is 6.10 Å². The molecular formula is C9H12Cl2N2O2. The van der Waals surface area contributed by atoms with Crippen molar-refractivity contribution in [3.63, 3.8) is 0 Å². The van der Waals surface area contributed by atoms with Gasteiger partial charge in [0, 0.05) is 12.1 Å². The molecule has 1 aromatic rings. The molecule has 1 aromatic carbocycles. The fourth-order valence-corrected chi connectivity index (χ4v) is 1.60. The molecule has 0 aliphatic rings. The Kier molecular flexibility index (Phi) is 4.19. The number of hydrogen-bond acceptors (Lipinski definition) is 4. The average molecular weight is 251 g/mol. The first-order chi connectivity index (χ1) is 6.99. The lowest BCUT2D eigenvalue weighted by Gasteiger charge is -2.18. The van der Waals surface area contributed by atoms with Crippen LogP contribution in [0.1, 0.15) is 11.7 Å². The van der Waals surface area contributed by atoms with Crippen molar-refractivity contribution in [3.8, 4) is 0 Å². The monoisotopic (exact) mass is 250 g/mol. The Labute approximate surface area is 97.4 Å². The maximum Gasteiger partial charge on any atom is 0.108 e. The van der Waals surface area contributed by atoms with Crippen molar-refractivity contribution in [1.29, 1.82) is 0 Å². The number of halogens is 2. The third-order valence-corrected chi connectivity index (χ3v) is 2.98. The summed E-state index contributed by atoms with van der Waals surface area (Å²) >= 11 is 11.7. The highest BCUT2D eigenvalue weighted by Gasteiger charge is 2.21. The average Bonchev–Trinajstić information content (AvgIpc) is 2.24. The minimum Gasteiger partial charge on any atom is -0.397 e. The van der Waals surface area contributed by atoms with Crippen molar-refractivity contribution in [1.82, 2.24) is 0 Å². The molecule has 0 aromatic heterocycles. The van der Waals surface area contributed by atoms with Gasteiger partial charge in [-0.2, -0.15) is 0 Å². The van der Waals surface area contributed by atoms with Crippen LogP contribution in [-0.2, 0) is 0 Å². The molecule has 0 saturated carbocycles. The van der Waals surface area contributed by atoms with E-state index >= 15 is 0 Å². The van der Waals surface area contributed by atoms with E-state index in [0.717, 1.165) is 0 Å². The van der Waals surface area contributed by atoms with Gasteiger partial charge < -0.3 is 21.7 Å². The van der Waals surface area contributed by atoms with Crippen LogP contribution in [0.3, 0.4) is 0 Å². The molecule has 2 atom stereocenters. The minimum absolute atomic E-state index is 0.0699. The van der Waals surface area contributed by atoms with Gasteiger partial charge in [-0.3, -0.25) is 0 Å². The molecular weight excluding hydrogens is 239 g/mol. The number of nitrogen functional groups attached to an aromatic ring is 1. The van der Waals surface area contributed by atoms with Gasteiger partial charge in [-0.1, -0.05) is 29.3 Å². The van der Waals surface area contributed by atoms with Crippen molar-refractivity contribution in [3.05, 3.63) is 27.7 Å². The van der Waals surface area contributed by atoms with Gasteiger partial charge in [-0.25, -0.2) is 0 Å². The molecule has 0 fully saturated rings. The summed E-state index contributed by atoms with van der Waals surface area (Å²) in [7, 11) is 0. The highest BCUT2D eigenvalue weighted by Crippen LogP contribution is 2.35. The van der Waals surface area contributed by atoms with Crippen LogP contribution in [0.15, 0.2) is 12.1 Å². The second-order valence-electron chi connectivity index (χ2n) is 3.12. The number of aliphatic hydroxyl groups excluding tert-OH is 2. The molecule has 0 saturated heterocycles. The van der Waals surface area contributed by atoms with E-state index < -0.39 is 12.2 Å². The lowest BCUT2D eigenvalue weighted by Crippen LogP contribution is -2.27. The first kappa shape index (κ1) is 12.5. The van der Waals surface area contributed by atoms with Crippen molar-refractivity contribution in [2.75, 3.05) is 12.3 Å². The Morgan fingerprint density at radius 3 is 2.33 bits per heavy atom. The van der Waals surface area contributed by atoms with Crippen LogP contribution in [0.25, 0.3) is 0 Å². The minimum atomic E-state index is -1.17. The summed E-state index contributed by atoms with van der Waals surface area (Å²) in [4.78, 5) is 0. The molecule has 15 heavy (non-hydrogen) atoms. The zero-order chi connectivity index (χ0) is 11.6. The van der Waals surface area contributed by atoms with Crippen LogP contribution in [0.4, 0.5) is 5.69 Å². The molecule has 0 amide bonds. The summed E-state index contributed by atoms with van der Waals surface area (Å²) in [6.07, 6.45) is -2.25. The van der Waals surface area contributed by atoms with Gasteiger partial charge in [0.05, 0.1) is 21.8 Å². The summed E-state index contributed by atoms with van der Waals surface area (Å²) in [5.41, 5.74) is 11.4. The lowest BCUT2D eigenvalue weighted by atomic mass is 10.0. The van der Waals surface area contributed by atoms with E-state index in [-0.39, 0.29) is 16.6 Å². The molecule has 0 heterocycles. The Morgan fingerprint density at radius 1 is 1.20 bits per heavy atom. The van der Waals surface area contributed by atoms with E-state index in [2.05, 4.69) is 0 Å². The summed E-state index contributed by atoms with van der Waals surface area (Å²) in [6, 6.07) is 3.02. The van der Waals surface area contributed by atoms with Gasteiger partial charge in [0.25, 0.3) is 0 Å². The summed E-state index contributed by atoms with van der Waals surface area (Å²) in [6.45, 7) is -0.0699. The number of rotatable bonds is 3. The standard InChI is InChI=1S/C9H12Cl2N2O2/c10-7-4(9(15)6(14)3-12)1-2-5(13)8(7)11/h1-2,6,9,14-15H,3,12-13H2. The highest BCUT2D eigenvalue weighted by atomic mass is 35.5. The molecule has 0 radical (unpaired) electrons. The molecule has 0 aliphatic heterocycles. The number of benzene rings is 1. The third kappa shape index (κ3) is 2.53. The number of anilines is 1. The van der Waals surface area contributed by atoms with E-state index in [1.54, 1.807) is 0 Å². The highest BCUT2D eigenvalue weighted by molar-refractivity contribution is 6.44. The number of hydrogen-bond donors (Lipinski definition) is 4. The molecule has 84 valence electrons. The molecule has 0 bridgehead atoms. The largest absolute Gasteiger partial charge is 0.397 e. The molecule has 0 spiro atoms. The Morgan fingerprint density at radius 2 is 1.80 bits per heavy atom. The van der Waals surface area contributed by atoms with E-state index in [1.807, 2.05) is 0 Å². The second kappa shape index (κ2) is 5.01. The number of aliphatic hydroxyl groups is 2. The molecule has 6 heteroatoms. The van der Waals surface area contributed by atoms with Gasteiger partial charge in [0.2, 0.25) is 0 Å². The normalized spacial score (nSPS) is 15.0. The third-order valence-electron chi connectivity index (χ3n) is 2.07. The zero-order valence-corrected chi connectivity index (χ0v) is 9.33. The van der Waals surface area contributed by atoms with Gasteiger partial charge in [-0.15, -0.1) is 0 Å². The summed E-state index contributed by atoms with van der Waals surface area (Å²) in [5, 5.41) is 19.3. The zero-order valence-electron chi connectivity index (χ0n) is 7.82. The van der Waals surface area contributed by atoms with Gasteiger partial charge >= 0.3 is 0 Å². The van der Waals surface area contributed by atoms with Crippen LogP contribution >= 0.6 is 23.2 Å². The number of nitrogens with two attached hydrogens (primary N) is 2. The smallest absolute Gasteiger partial charge is 0.108 e. The van der Waals surface area contributed by atoms with Crippen LogP contribution in [0.2, 0.25) is 10.0 Å². The van der Waals surface area contributed by atoms with Gasteiger partial charge in [0.15, 0.2) is 0 Å². The van der Waals surface area contributed by atoms with Crippen molar-refractivity contribution >= 4 is 28.9 Å². The molecule has 1 rings (SSSR count). The van der Waals surface area contributed by atoms with E-state index in [9.17, 15) is 10.2 Å². The Balaban J connectivity index is 3.10. The van der Waals surface area contributed by atoms with Crippen molar-refractivity contribution in [2.24, 2.45) is 5.73 Å². The van der Waals surface area contributed by atoms with E-state index in [1.165, 1.54) is 12.1 Å².